The van der Waals surface area contributed by atoms with Gasteiger partial charge in [0.1, 0.15) is 0 Å². The Kier molecular flexibility index (Phi) is 6.31. The molecule has 0 atom stereocenters. The van der Waals surface area contributed by atoms with Crippen molar-refractivity contribution in [3.8, 4) is 22.8 Å². The number of nitrogens with one attached hydrogen (secondary N) is 1. The lowest BCUT2D eigenvalue weighted by Gasteiger charge is -2.11. The van der Waals surface area contributed by atoms with E-state index < -0.39 is 6.09 Å². The van der Waals surface area contributed by atoms with Crippen LogP contribution in [-0.4, -0.2) is 57.5 Å². The molecule has 0 unspecified atom stereocenters. The smallest absolute Gasteiger partial charge is 0.404 e. The van der Waals surface area contributed by atoms with E-state index >= 15 is 0 Å². The number of amides is 2. The molecular weight excluding hydrogens is 386 g/mol. The molecule has 3 rings (SSSR count). The number of carbonyl (C=O) groups is 2. The molecule has 2 aromatic heterocycles. The summed E-state index contributed by atoms with van der Waals surface area (Å²) >= 11 is 0. The van der Waals surface area contributed by atoms with Crippen LogP contribution in [0.1, 0.15) is 23.0 Å². The number of ether oxygens (including phenoxy) is 1. The number of carboxylic acid groups (broad SMARTS) is 1. The van der Waals surface area contributed by atoms with Crippen LogP contribution < -0.4 is 10.1 Å². The first-order chi connectivity index (χ1) is 14.4. The van der Waals surface area contributed by atoms with Crippen LogP contribution >= 0.6 is 0 Å². The van der Waals surface area contributed by atoms with Gasteiger partial charge in [-0.2, -0.15) is 5.10 Å². The number of aromatic nitrogens is 3. The highest BCUT2D eigenvalue weighted by Gasteiger charge is 2.19. The molecular formula is C21H23N5O4. The van der Waals surface area contributed by atoms with Gasteiger partial charge in [-0.3, -0.25) is 4.79 Å². The third kappa shape index (κ3) is 4.57. The average molecular weight is 409 g/mol. The van der Waals surface area contributed by atoms with Crippen molar-refractivity contribution in [2.24, 2.45) is 0 Å². The minimum absolute atomic E-state index is 0.179. The number of hydrogen-bond acceptors (Lipinski definition) is 5. The zero-order chi connectivity index (χ0) is 21.7. The second kappa shape index (κ2) is 9.08. The molecule has 0 saturated heterocycles. The van der Waals surface area contributed by atoms with Crippen LogP contribution in [0.15, 0.2) is 48.7 Å². The van der Waals surface area contributed by atoms with E-state index in [1.54, 1.807) is 42.1 Å². The molecule has 2 heterocycles. The van der Waals surface area contributed by atoms with E-state index in [2.05, 4.69) is 15.4 Å². The number of benzene rings is 1. The van der Waals surface area contributed by atoms with Gasteiger partial charge in [-0.25, -0.2) is 14.5 Å². The Morgan fingerprint density at radius 2 is 1.93 bits per heavy atom. The fourth-order valence-electron chi connectivity index (χ4n) is 2.82. The summed E-state index contributed by atoms with van der Waals surface area (Å²) in [6, 6.07) is 12.7. The van der Waals surface area contributed by atoms with Gasteiger partial charge in [0, 0.05) is 31.8 Å². The highest BCUT2D eigenvalue weighted by atomic mass is 16.5. The van der Waals surface area contributed by atoms with Crippen LogP contribution in [0.25, 0.3) is 16.9 Å². The summed E-state index contributed by atoms with van der Waals surface area (Å²) in [5, 5.41) is 15.6. The Hall–Kier alpha value is -3.88. The number of carbonyl (C=O) groups excluding carboxylic acids is 1. The normalized spacial score (nSPS) is 10.5. The number of pyridine rings is 1. The van der Waals surface area contributed by atoms with Crippen molar-refractivity contribution in [1.82, 2.24) is 25.0 Å². The standard InChI is InChI=1S/C21H23N5O4/c1-4-25(2)20(27)17-11-18(15-7-5-14(6-8-15)12-23-21(28)29)26(24-17)16-9-10-19(30-3)22-13-16/h5-11,13,23H,4,12H2,1-3H3,(H,28,29). The van der Waals surface area contributed by atoms with Crippen molar-refractivity contribution in [2.45, 2.75) is 13.5 Å². The van der Waals surface area contributed by atoms with Gasteiger partial charge >= 0.3 is 6.09 Å². The van der Waals surface area contributed by atoms with Gasteiger partial charge in [0.2, 0.25) is 5.88 Å². The predicted molar refractivity (Wildman–Crippen MR) is 111 cm³/mol. The summed E-state index contributed by atoms with van der Waals surface area (Å²) < 4.78 is 6.77. The lowest BCUT2D eigenvalue weighted by Crippen LogP contribution is -2.26. The summed E-state index contributed by atoms with van der Waals surface area (Å²) in [5.41, 5.74) is 3.37. The minimum atomic E-state index is -1.08. The van der Waals surface area contributed by atoms with Gasteiger partial charge in [0.15, 0.2) is 5.69 Å². The molecule has 0 aliphatic rings. The lowest BCUT2D eigenvalue weighted by molar-refractivity contribution is 0.0796. The Balaban J connectivity index is 2.01. The second-order valence-corrected chi connectivity index (χ2v) is 6.56. The molecule has 0 aliphatic carbocycles. The third-order valence-electron chi connectivity index (χ3n) is 4.62. The molecule has 3 aromatic rings. The van der Waals surface area contributed by atoms with Gasteiger partial charge in [-0.1, -0.05) is 24.3 Å². The molecule has 0 aliphatic heterocycles. The maximum absolute atomic E-state index is 12.7. The molecule has 9 nitrogen and oxygen atoms in total. The summed E-state index contributed by atoms with van der Waals surface area (Å²) in [5.74, 6) is 0.297. The van der Waals surface area contributed by atoms with Crippen LogP contribution in [-0.2, 0) is 6.54 Å². The van der Waals surface area contributed by atoms with Crippen LogP contribution in [0.3, 0.4) is 0 Å². The summed E-state index contributed by atoms with van der Waals surface area (Å²) in [6.45, 7) is 2.67. The highest BCUT2D eigenvalue weighted by Crippen LogP contribution is 2.25. The van der Waals surface area contributed by atoms with Crippen molar-refractivity contribution < 1.29 is 19.4 Å². The van der Waals surface area contributed by atoms with E-state index in [1.165, 1.54) is 0 Å². The summed E-state index contributed by atoms with van der Waals surface area (Å²) in [6.07, 6.45) is 0.547. The fourth-order valence-corrected chi connectivity index (χ4v) is 2.82. The SMILES string of the molecule is CCN(C)C(=O)c1cc(-c2ccc(CNC(=O)O)cc2)n(-c2ccc(OC)nc2)n1. The molecule has 0 saturated carbocycles. The van der Waals surface area contributed by atoms with Crippen LogP contribution in [0.4, 0.5) is 4.79 Å². The molecule has 0 fully saturated rings. The van der Waals surface area contributed by atoms with Gasteiger partial charge in [0.05, 0.1) is 24.7 Å². The molecule has 0 spiro atoms. The number of hydrogen-bond donors (Lipinski definition) is 2. The van der Waals surface area contributed by atoms with Gasteiger partial charge in [-0.15, -0.1) is 0 Å². The van der Waals surface area contributed by atoms with E-state index in [-0.39, 0.29) is 12.5 Å². The highest BCUT2D eigenvalue weighted by molar-refractivity contribution is 5.93. The maximum Gasteiger partial charge on any atom is 0.404 e. The van der Waals surface area contributed by atoms with Crippen molar-refractivity contribution in [3.63, 3.8) is 0 Å². The van der Waals surface area contributed by atoms with E-state index in [9.17, 15) is 9.59 Å². The lowest BCUT2D eigenvalue weighted by atomic mass is 10.1. The summed E-state index contributed by atoms with van der Waals surface area (Å²) in [4.78, 5) is 29.2. The molecule has 0 radical (unpaired) electrons. The van der Waals surface area contributed by atoms with E-state index in [1.807, 2.05) is 37.3 Å². The van der Waals surface area contributed by atoms with Gasteiger partial charge < -0.3 is 20.1 Å². The molecule has 2 N–H and O–H groups in total. The van der Waals surface area contributed by atoms with Crippen molar-refractivity contribution >= 4 is 12.0 Å². The Morgan fingerprint density at radius 1 is 1.20 bits per heavy atom. The van der Waals surface area contributed by atoms with Gasteiger partial charge in [0.25, 0.3) is 5.91 Å². The number of rotatable bonds is 7. The fraction of sp³-hybridized carbons (Fsp3) is 0.238. The van der Waals surface area contributed by atoms with Crippen molar-refractivity contribution in [1.29, 1.82) is 0 Å². The van der Waals surface area contributed by atoms with Crippen LogP contribution in [0, 0.1) is 0 Å². The largest absolute Gasteiger partial charge is 0.481 e. The molecule has 9 heteroatoms. The van der Waals surface area contributed by atoms with Gasteiger partial charge in [-0.05, 0) is 24.6 Å². The maximum atomic E-state index is 12.7. The first-order valence-corrected chi connectivity index (χ1v) is 9.35. The summed E-state index contributed by atoms with van der Waals surface area (Å²) in [7, 11) is 3.26. The number of methoxy groups -OCH3 is 1. The molecule has 1 aromatic carbocycles. The average Bonchev–Trinajstić information content (AvgIpc) is 3.22. The second-order valence-electron chi connectivity index (χ2n) is 6.56. The van der Waals surface area contributed by atoms with E-state index in [0.29, 0.717) is 29.5 Å². The monoisotopic (exact) mass is 409 g/mol. The topological polar surface area (TPSA) is 110 Å². The Labute approximate surface area is 173 Å². The van der Waals surface area contributed by atoms with Crippen molar-refractivity contribution in [2.75, 3.05) is 20.7 Å². The van der Waals surface area contributed by atoms with E-state index in [0.717, 1.165) is 11.1 Å². The predicted octanol–water partition coefficient (Wildman–Crippen LogP) is 2.80. The minimum Gasteiger partial charge on any atom is -0.481 e. The third-order valence-corrected chi connectivity index (χ3v) is 4.62. The number of nitrogens with zero attached hydrogens (tertiary/aromatic N) is 4. The van der Waals surface area contributed by atoms with E-state index in [4.69, 9.17) is 9.84 Å². The molecule has 156 valence electrons. The van der Waals surface area contributed by atoms with Crippen LogP contribution in [0.2, 0.25) is 0 Å². The zero-order valence-corrected chi connectivity index (χ0v) is 17.0. The van der Waals surface area contributed by atoms with Crippen LogP contribution in [0.5, 0.6) is 5.88 Å². The molecule has 30 heavy (non-hydrogen) atoms. The molecule has 2 amide bonds. The molecule has 0 bridgehead atoms. The quantitative estimate of drug-likeness (QED) is 0.621. The van der Waals surface area contributed by atoms with Crippen molar-refractivity contribution in [3.05, 3.63) is 59.9 Å². The Bertz CT molecular complexity index is 1030. The first-order valence-electron chi connectivity index (χ1n) is 9.35. The zero-order valence-electron chi connectivity index (χ0n) is 17.0. The first kappa shape index (κ1) is 20.8. The Morgan fingerprint density at radius 3 is 2.50 bits per heavy atom.